The van der Waals surface area contributed by atoms with Gasteiger partial charge in [0.2, 0.25) is 0 Å². The molecule has 2 aromatic rings. The Kier molecular flexibility index (Phi) is 3.21. The summed E-state index contributed by atoms with van der Waals surface area (Å²) in [6.45, 7) is 0.470. The zero-order valence-corrected chi connectivity index (χ0v) is 11.6. The highest BCUT2D eigenvalue weighted by atomic mass is 79.9. The van der Waals surface area contributed by atoms with Gasteiger partial charge in [-0.2, -0.15) is 0 Å². The van der Waals surface area contributed by atoms with E-state index in [1.54, 1.807) is 18.3 Å². The van der Waals surface area contributed by atoms with E-state index in [2.05, 4.69) is 26.2 Å². The Morgan fingerprint density at radius 2 is 2.21 bits per heavy atom. The number of carbonyl (C=O) groups is 1. The quantitative estimate of drug-likeness (QED) is 0.866. The Morgan fingerprint density at radius 1 is 1.37 bits per heavy atom. The van der Waals surface area contributed by atoms with Gasteiger partial charge in [0, 0.05) is 17.3 Å². The summed E-state index contributed by atoms with van der Waals surface area (Å²) < 4.78 is 6.18. The molecule has 0 aliphatic carbocycles. The van der Waals surface area contributed by atoms with Gasteiger partial charge < -0.3 is 10.1 Å². The molecule has 1 aliphatic heterocycles. The van der Waals surface area contributed by atoms with Gasteiger partial charge in [-0.15, -0.1) is 0 Å². The largest absolute Gasteiger partial charge is 0.491 e. The fraction of sp³-hybridized carbons (Fsp3) is 0.143. The third-order valence-electron chi connectivity index (χ3n) is 2.99. The van der Waals surface area contributed by atoms with Gasteiger partial charge in [0.1, 0.15) is 17.0 Å². The first-order valence-corrected chi connectivity index (χ1v) is 6.67. The fourth-order valence-electron chi connectivity index (χ4n) is 2.07. The molecule has 5 heteroatoms. The number of para-hydroxylation sites is 1. The summed E-state index contributed by atoms with van der Waals surface area (Å²) in [4.78, 5) is 16.1. The molecule has 1 amide bonds. The summed E-state index contributed by atoms with van der Waals surface area (Å²) in [5, 5.41) is 2.97. The van der Waals surface area contributed by atoms with Crippen LogP contribution in [0.1, 0.15) is 22.0 Å². The van der Waals surface area contributed by atoms with Crippen LogP contribution in [0.5, 0.6) is 5.75 Å². The van der Waals surface area contributed by atoms with E-state index in [-0.39, 0.29) is 11.9 Å². The third-order valence-corrected chi connectivity index (χ3v) is 3.43. The van der Waals surface area contributed by atoms with E-state index in [9.17, 15) is 4.79 Å². The summed E-state index contributed by atoms with van der Waals surface area (Å²) in [7, 11) is 0. The minimum Gasteiger partial charge on any atom is -0.491 e. The van der Waals surface area contributed by atoms with Crippen LogP contribution in [-0.4, -0.2) is 17.5 Å². The molecule has 1 aliphatic rings. The highest BCUT2D eigenvalue weighted by Gasteiger charge is 2.25. The van der Waals surface area contributed by atoms with Gasteiger partial charge >= 0.3 is 0 Å². The van der Waals surface area contributed by atoms with Crippen molar-refractivity contribution < 1.29 is 9.53 Å². The lowest BCUT2D eigenvalue weighted by atomic mass is 10.1. The van der Waals surface area contributed by atoms with E-state index in [1.165, 1.54) is 0 Å². The normalized spacial score (nSPS) is 16.6. The minimum atomic E-state index is -0.131. The average molecular weight is 319 g/mol. The van der Waals surface area contributed by atoms with Crippen LogP contribution in [0.4, 0.5) is 0 Å². The van der Waals surface area contributed by atoms with Crippen molar-refractivity contribution in [3.8, 4) is 5.75 Å². The van der Waals surface area contributed by atoms with Crippen LogP contribution >= 0.6 is 15.9 Å². The number of benzene rings is 1. The van der Waals surface area contributed by atoms with Gasteiger partial charge in [-0.25, -0.2) is 4.98 Å². The van der Waals surface area contributed by atoms with Crippen LogP contribution in [0.3, 0.4) is 0 Å². The molecule has 1 N–H and O–H groups in total. The average Bonchev–Trinajstić information content (AvgIpc) is 2.82. The third kappa shape index (κ3) is 2.46. The number of amides is 1. The predicted molar refractivity (Wildman–Crippen MR) is 74.1 cm³/mol. The maximum atomic E-state index is 12.1. The van der Waals surface area contributed by atoms with Crippen LogP contribution in [0.25, 0.3) is 0 Å². The first kappa shape index (κ1) is 12.2. The number of hydrogen-bond donors (Lipinski definition) is 1. The zero-order valence-electron chi connectivity index (χ0n) is 9.97. The van der Waals surface area contributed by atoms with Crippen LogP contribution < -0.4 is 10.1 Å². The van der Waals surface area contributed by atoms with E-state index in [0.717, 1.165) is 11.3 Å². The molecule has 0 saturated carbocycles. The van der Waals surface area contributed by atoms with E-state index < -0.39 is 0 Å². The van der Waals surface area contributed by atoms with Gasteiger partial charge in [-0.05, 0) is 34.1 Å². The zero-order chi connectivity index (χ0) is 13.2. The lowest BCUT2D eigenvalue weighted by molar-refractivity contribution is 0.0930. The number of pyridine rings is 1. The van der Waals surface area contributed by atoms with Crippen LogP contribution in [0.2, 0.25) is 0 Å². The second-order valence-electron chi connectivity index (χ2n) is 4.24. The van der Waals surface area contributed by atoms with Crippen molar-refractivity contribution in [1.29, 1.82) is 0 Å². The maximum absolute atomic E-state index is 12.1. The molecule has 0 fully saturated rings. The van der Waals surface area contributed by atoms with E-state index in [0.29, 0.717) is 16.8 Å². The molecule has 19 heavy (non-hydrogen) atoms. The molecule has 96 valence electrons. The Bertz CT molecular complexity index is 630. The molecule has 0 bridgehead atoms. The van der Waals surface area contributed by atoms with Crippen molar-refractivity contribution in [3.05, 3.63) is 58.3 Å². The van der Waals surface area contributed by atoms with Crippen molar-refractivity contribution in [2.24, 2.45) is 0 Å². The summed E-state index contributed by atoms with van der Waals surface area (Å²) in [6.07, 6.45) is 1.60. The SMILES string of the molecule is O=C(NC1COc2ccccc21)c1ccnc(Br)c1. The van der Waals surface area contributed by atoms with Crippen molar-refractivity contribution in [1.82, 2.24) is 10.3 Å². The summed E-state index contributed by atoms with van der Waals surface area (Å²) >= 11 is 3.25. The van der Waals surface area contributed by atoms with E-state index >= 15 is 0 Å². The van der Waals surface area contributed by atoms with Crippen molar-refractivity contribution in [2.45, 2.75) is 6.04 Å². The molecule has 2 heterocycles. The molecular weight excluding hydrogens is 308 g/mol. The van der Waals surface area contributed by atoms with Gasteiger partial charge in [0.25, 0.3) is 5.91 Å². The standard InChI is InChI=1S/C14H11BrN2O2/c15-13-7-9(5-6-16-13)14(18)17-11-8-19-12-4-2-1-3-10(11)12/h1-7,11H,8H2,(H,17,18). The topological polar surface area (TPSA) is 51.2 Å². The van der Waals surface area contributed by atoms with Gasteiger partial charge in [0.05, 0.1) is 6.04 Å². The maximum Gasteiger partial charge on any atom is 0.252 e. The molecule has 1 unspecified atom stereocenters. The van der Waals surface area contributed by atoms with Crippen LogP contribution in [-0.2, 0) is 0 Å². The molecule has 4 nitrogen and oxygen atoms in total. The number of nitrogens with one attached hydrogen (secondary N) is 1. The highest BCUT2D eigenvalue weighted by Crippen LogP contribution is 2.31. The van der Waals surface area contributed by atoms with Crippen molar-refractivity contribution in [3.63, 3.8) is 0 Å². The Labute approximate surface area is 118 Å². The predicted octanol–water partition coefficient (Wildman–Crippen LogP) is 2.71. The smallest absolute Gasteiger partial charge is 0.252 e. The lowest BCUT2D eigenvalue weighted by Crippen LogP contribution is -2.29. The number of ether oxygens (including phenoxy) is 1. The number of fused-ring (bicyclic) bond motifs is 1. The number of halogens is 1. The highest BCUT2D eigenvalue weighted by molar-refractivity contribution is 9.10. The minimum absolute atomic E-state index is 0.101. The molecule has 1 aromatic heterocycles. The molecule has 0 radical (unpaired) electrons. The Balaban J connectivity index is 1.78. The van der Waals surface area contributed by atoms with Crippen molar-refractivity contribution >= 4 is 21.8 Å². The van der Waals surface area contributed by atoms with Gasteiger partial charge in [-0.3, -0.25) is 4.79 Å². The van der Waals surface area contributed by atoms with E-state index in [1.807, 2.05) is 24.3 Å². The Morgan fingerprint density at radius 3 is 3.05 bits per heavy atom. The number of rotatable bonds is 2. The number of hydrogen-bond acceptors (Lipinski definition) is 3. The number of carbonyl (C=O) groups excluding carboxylic acids is 1. The molecule has 0 saturated heterocycles. The summed E-state index contributed by atoms with van der Waals surface area (Å²) in [5.41, 5.74) is 1.59. The number of aromatic nitrogens is 1. The van der Waals surface area contributed by atoms with Gasteiger partial charge in [0.15, 0.2) is 0 Å². The first-order chi connectivity index (χ1) is 9.24. The first-order valence-electron chi connectivity index (χ1n) is 5.88. The second kappa shape index (κ2) is 5.01. The van der Waals surface area contributed by atoms with Crippen LogP contribution in [0, 0.1) is 0 Å². The molecule has 0 spiro atoms. The van der Waals surface area contributed by atoms with E-state index in [4.69, 9.17) is 4.74 Å². The fourth-order valence-corrected chi connectivity index (χ4v) is 2.43. The monoisotopic (exact) mass is 318 g/mol. The lowest BCUT2D eigenvalue weighted by Gasteiger charge is -2.11. The van der Waals surface area contributed by atoms with Crippen molar-refractivity contribution in [2.75, 3.05) is 6.61 Å². The number of nitrogens with zero attached hydrogens (tertiary/aromatic N) is 1. The molecule has 1 atom stereocenters. The molecule has 3 rings (SSSR count). The Hall–Kier alpha value is -1.88. The van der Waals surface area contributed by atoms with Gasteiger partial charge in [-0.1, -0.05) is 18.2 Å². The second-order valence-corrected chi connectivity index (χ2v) is 5.05. The molecular formula is C14H11BrN2O2. The summed E-state index contributed by atoms with van der Waals surface area (Å²) in [5.74, 6) is 0.706. The summed E-state index contributed by atoms with van der Waals surface area (Å²) in [6, 6.07) is 11.0. The molecule has 1 aromatic carbocycles. The van der Waals surface area contributed by atoms with Crippen LogP contribution in [0.15, 0.2) is 47.2 Å².